The molecule has 1 aromatic heterocycles. The first-order chi connectivity index (χ1) is 10.7. The second-order valence-electron chi connectivity index (χ2n) is 6.89. The predicted octanol–water partition coefficient (Wildman–Crippen LogP) is 2.55. The molecule has 1 aromatic rings. The van der Waals surface area contributed by atoms with Gasteiger partial charge in [0, 0.05) is 24.0 Å². The van der Waals surface area contributed by atoms with Crippen LogP contribution in [0.25, 0.3) is 0 Å². The Morgan fingerprint density at radius 1 is 1.18 bits per heavy atom. The van der Waals surface area contributed by atoms with Crippen LogP contribution in [-0.4, -0.2) is 46.3 Å². The third kappa shape index (κ3) is 2.96. The van der Waals surface area contributed by atoms with Crippen molar-refractivity contribution in [1.82, 2.24) is 20.4 Å². The number of urea groups is 1. The Kier molecular flexibility index (Phi) is 3.78. The zero-order chi connectivity index (χ0) is 15.1. The highest BCUT2D eigenvalue weighted by Crippen LogP contribution is 2.42. The molecule has 3 heterocycles. The number of nitrogens with zero attached hydrogens (tertiary/aromatic N) is 3. The highest BCUT2D eigenvalue weighted by atomic mass is 32.1. The third-order valence-electron chi connectivity index (χ3n) is 5.26. The molecule has 4 rings (SSSR count). The van der Waals surface area contributed by atoms with E-state index in [4.69, 9.17) is 0 Å². The Labute approximate surface area is 134 Å². The second-order valence-corrected chi connectivity index (χ2v) is 7.90. The van der Waals surface area contributed by atoms with Crippen LogP contribution in [-0.2, 0) is 0 Å². The fourth-order valence-corrected chi connectivity index (χ4v) is 4.74. The molecule has 2 bridgehead atoms. The van der Waals surface area contributed by atoms with Crippen LogP contribution in [0.4, 0.5) is 9.93 Å². The van der Waals surface area contributed by atoms with E-state index in [2.05, 4.69) is 32.8 Å². The van der Waals surface area contributed by atoms with E-state index in [1.54, 1.807) is 0 Å². The van der Waals surface area contributed by atoms with Gasteiger partial charge in [-0.25, -0.2) is 4.79 Å². The Hall–Kier alpha value is -1.21. The minimum atomic E-state index is -0.133. The lowest BCUT2D eigenvalue weighted by Gasteiger charge is -2.47. The third-order valence-corrected chi connectivity index (χ3v) is 6.26. The van der Waals surface area contributed by atoms with E-state index in [1.807, 2.05) is 0 Å². The number of carbonyl (C=O) groups excluding carboxylic acids is 1. The average molecular weight is 321 g/mol. The van der Waals surface area contributed by atoms with Gasteiger partial charge >= 0.3 is 6.03 Å². The first kappa shape index (κ1) is 14.4. The number of nitrogens with one attached hydrogen (secondary N) is 2. The summed E-state index contributed by atoms with van der Waals surface area (Å²) >= 11 is 1.51. The zero-order valence-electron chi connectivity index (χ0n) is 12.9. The standard InChI is InChI=1S/C15H23N5OS/c1-20-11-3-2-4-12(20)8-10(7-11)16-14(21)17-15-19-18-13(22-15)9-5-6-9/h9-12H,2-8H2,1H3,(H2,16,17,19,21). The van der Waals surface area contributed by atoms with Crippen LogP contribution < -0.4 is 10.6 Å². The molecule has 2 aliphatic heterocycles. The first-order valence-electron chi connectivity index (χ1n) is 8.32. The van der Waals surface area contributed by atoms with Crippen LogP contribution in [0, 0.1) is 0 Å². The molecule has 0 spiro atoms. The molecule has 2 N–H and O–H groups in total. The summed E-state index contributed by atoms with van der Waals surface area (Å²) in [4.78, 5) is 14.7. The molecule has 0 aromatic carbocycles. The number of amides is 2. The van der Waals surface area contributed by atoms with E-state index in [1.165, 1.54) is 43.4 Å². The summed E-state index contributed by atoms with van der Waals surface area (Å²) in [6.45, 7) is 0. The van der Waals surface area contributed by atoms with Crippen LogP contribution in [0.15, 0.2) is 0 Å². The van der Waals surface area contributed by atoms with Gasteiger partial charge in [0.15, 0.2) is 0 Å². The molecule has 6 nitrogen and oxygen atoms in total. The van der Waals surface area contributed by atoms with Gasteiger partial charge in [0.05, 0.1) is 0 Å². The van der Waals surface area contributed by atoms with Crippen molar-refractivity contribution in [2.24, 2.45) is 0 Å². The summed E-state index contributed by atoms with van der Waals surface area (Å²) in [7, 11) is 2.23. The molecule has 2 atom stereocenters. The van der Waals surface area contributed by atoms with Crippen LogP contribution in [0.2, 0.25) is 0 Å². The molecule has 2 saturated heterocycles. The molecular formula is C15H23N5OS. The average Bonchev–Trinajstić information content (AvgIpc) is 3.21. The van der Waals surface area contributed by atoms with Crippen molar-refractivity contribution in [2.45, 2.75) is 69.0 Å². The summed E-state index contributed by atoms with van der Waals surface area (Å²) in [5.41, 5.74) is 0. The second kappa shape index (κ2) is 5.77. The van der Waals surface area contributed by atoms with E-state index in [-0.39, 0.29) is 12.1 Å². The Bertz CT molecular complexity index is 544. The number of aromatic nitrogens is 2. The van der Waals surface area contributed by atoms with Crippen molar-refractivity contribution in [3.63, 3.8) is 0 Å². The molecule has 3 fully saturated rings. The van der Waals surface area contributed by atoms with Crippen molar-refractivity contribution in [3.05, 3.63) is 5.01 Å². The van der Waals surface area contributed by atoms with Gasteiger partial charge in [-0.3, -0.25) is 5.32 Å². The predicted molar refractivity (Wildman–Crippen MR) is 86.3 cm³/mol. The normalized spacial score (nSPS) is 31.8. The highest BCUT2D eigenvalue weighted by Gasteiger charge is 2.36. The summed E-state index contributed by atoms with van der Waals surface area (Å²) in [5.74, 6) is 0.587. The molecule has 2 unspecified atom stereocenters. The largest absolute Gasteiger partial charge is 0.335 e. The molecule has 120 valence electrons. The summed E-state index contributed by atoms with van der Waals surface area (Å²) < 4.78 is 0. The maximum absolute atomic E-state index is 12.2. The lowest BCUT2D eigenvalue weighted by atomic mass is 9.82. The fourth-order valence-electron chi connectivity index (χ4n) is 3.83. The SMILES string of the molecule is CN1C2CCCC1CC(NC(=O)Nc1nnc(C3CC3)s1)C2. The molecule has 3 aliphatic rings. The van der Waals surface area contributed by atoms with Gasteiger partial charge in [-0.15, -0.1) is 10.2 Å². The Balaban J connectivity index is 1.31. The number of hydrogen-bond donors (Lipinski definition) is 2. The lowest BCUT2D eigenvalue weighted by Crippen LogP contribution is -2.55. The van der Waals surface area contributed by atoms with Gasteiger partial charge in [0.1, 0.15) is 5.01 Å². The molecule has 7 heteroatoms. The van der Waals surface area contributed by atoms with Crippen molar-refractivity contribution in [1.29, 1.82) is 0 Å². The maximum atomic E-state index is 12.2. The van der Waals surface area contributed by atoms with Crippen molar-refractivity contribution < 1.29 is 4.79 Å². The van der Waals surface area contributed by atoms with Gasteiger partial charge in [0.2, 0.25) is 5.13 Å². The van der Waals surface area contributed by atoms with E-state index in [0.717, 1.165) is 17.8 Å². The fraction of sp³-hybridized carbons (Fsp3) is 0.800. The Morgan fingerprint density at radius 3 is 2.59 bits per heavy atom. The van der Waals surface area contributed by atoms with Crippen LogP contribution in [0.3, 0.4) is 0 Å². The molecule has 0 radical (unpaired) electrons. The monoisotopic (exact) mass is 321 g/mol. The number of carbonyl (C=O) groups is 1. The van der Waals surface area contributed by atoms with Gasteiger partial charge in [-0.05, 0) is 45.6 Å². The smallest absolute Gasteiger partial charge is 0.321 e. The number of fused-ring (bicyclic) bond motifs is 2. The highest BCUT2D eigenvalue weighted by molar-refractivity contribution is 7.15. The number of piperidine rings is 2. The maximum Gasteiger partial charge on any atom is 0.321 e. The number of hydrogen-bond acceptors (Lipinski definition) is 5. The summed E-state index contributed by atoms with van der Waals surface area (Å²) in [6.07, 6.45) is 8.38. The van der Waals surface area contributed by atoms with Crippen molar-refractivity contribution in [2.75, 3.05) is 12.4 Å². The lowest BCUT2D eigenvalue weighted by molar-refractivity contribution is 0.0513. The number of anilines is 1. The minimum absolute atomic E-state index is 0.133. The molecule has 22 heavy (non-hydrogen) atoms. The van der Waals surface area contributed by atoms with Crippen LogP contribution >= 0.6 is 11.3 Å². The van der Waals surface area contributed by atoms with Crippen molar-refractivity contribution in [3.8, 4) is 0 Å². The molecule has 1 aliphatic carbocycles. The van der Waals surface area contributed by atoms with Gasteiger partial charge in [0.25, 0.3) is 0 Å². The van der Waals surface area contributed by atoms with Crippen molar-refractivity contribution >= 4 is 22.5 Å². The summed E-state index contributed by atoms with van der Waals surface area (Å²) in [6, 6.07) is 1.40. The van der Waals surface area contributed by atoms with Gasteiger partial charge < -0.3 is 10.2 Å². The molecule has 1 saturated carbocycles. The minimum Gasteiger partial charge on any atom is -0.335 e. The summed E-state index contributed by atoms with van der Waals surface area (Å²) in [5, 5.41) is 15.9. The van der Waals surface area contributed by atoms with Crippen LogP contribution in [0.5, 0.6) is 0 Å². The topological polar surface area (TPSA) is 70.2 Å². The molecule has 2 amide bonds. The first-order valence-corrected chi connectivity index (χ1v) is 9.13. The van der Waals surface area contributed by atoms with Gasteiger partial charge in [-0.2, -0.15) is 0 Å². The number of rotatable bonds is 3. The quantitative estimate of drug-likeness (QED) is 0.897. The van der Waals surface area contributed by atoms with E-state index < -0.39 is 0 Å². The van der Waals surface area contributed by atoms with E-state index in [9.17, 15) is 4.79 Å². The molecular weight excluding hydrogens is 298 g/mol. The van der Waals surface area contributed by atoms with Crippen LogP contribution in [0.1, 0.15) is 55.9 Å². The van der Waals surface area contributed by atoms with Gasteiger partial charge in [-0.1, -0.05) is 17.8 Å². The zero-order valence-corrected chi connectivity index (χ0v) is 13.7. The Morgan fingerprint density at radius 2 is 1.91 bits per heavy atom. The van der Waals surface area contributed by atoms with E-state index >= 15 is 0 Å². The van der Waals surface area contributed by atoms with E-state index in [0.29, 0.717) is 23.1 Å².